The molecule has 10 nitrogen and oxygen atoms in total. The molecule has 0 fully saturated rings. The van der Waals surface area contributed by atoms with Gasteiger partial charge < -0.3 is 19.5 Å². The fourth-order valence-corrected chi connectivity index (χ4v) is 4.63. The maximum absolute atomic E-state index is 13.0. The topological polar surface area (TPSA) is 129 Å². The summed E-state index contributed by atoms with van der Waals surface area (Å²) in [7, 11) is -1.23. The molecule has 198 valence electrons. The number of amides is 1. The van der Waals surface area contributed by atoms with E-state index in [1.165, 1.54) is 44.6 Å². The third-order valence-electron chi connectivity index (χ3n) is 5.18. The second-order valence-corrected chi connectivity index (χ2v) is 10.5. The van der Waals surface area contributed by atoms with Crippen LogP contribution in [-0.4, -0.2) is 45.1 Å². The average molecular weight is 594 g/mol. The Morgan fingerprint density at radius 3 is 2.41 bits per heavy atom. The number of unbranched alkanes of at least 4 members (excludes halogenated alkanes) is 3. The molecule has 3 aromatic rings. The van der Waals surface area contributed by atoms with Crippen LogP contribution in [-0.2, 0) is 10.0 Å². The highest BCUT2D eigenvalue weighted by molar-refractivity contribution is 9.10. The predicted octanol–water partition coefficient (Wildman–Crippen LogP) is 5.27. The van der Waals surface area contributed by atoms with Crippen LogP contribution in [0, 0.1) is 0 Å². The van der Waals surface area contributed by atoms with Crippen molar-refractivity contribution in [1.82, 2.24) is 9.97 Å². The third-order valence-corrected chi connectivity index (χ3v) is 7.04. The van der Waals surface area contributed by atoms with Gasteiger partial charge in [-0.2, -0.15) is 9.97 Å². The Morgan fingerprint density at radius 2 is 1.73 bits per heavy atom. The highest BCUT2D eigenvalue weighted by Gasteiger charge is 2.18. The van der Waals surface area contributed by atoms with E-state index in [1.54, 1.807) is 12.1 Å². The Balaban J connectivity index is 1.70. The molecule has 1 aromatic heterocycles. The van der Waals surface area contributed by atoms with E-state index < -0.39 is 10.0 Å². The highest BCUT2D eigenvalue weighted by Crippen LogP contribution is 2.26. The lowest BCUT2D eigenvalue weighted by molar-refractivity contribution is 0.102. The molecule has 1 amide bonds. The molecule has 0 aliphatic carbocycles. The first kappa shape index (κ1) is 28.2. The first-order valence-electron chi connectivity index (χ1n) is 11.6. The fourth-order valence-electron chi connectivity index (χ4n) is 3.28. The molecule has 1 heterocycles. The van der Waals surface area contributed by atoms with Crippen LogP contribution in [0.4, 0.5) is 11.5 Å². The number of carbonyl (C=O) groups excluding carboxylic acids is 1. The van der Waals surface area contributed by atoms with E-state index in [0.717, 1.165) is 30.2 Å². The van der Waals surface area contributed by atoms with E-state index in [2.05, 4.69) is 42.9 Å². The quantitative estimate of drug-likeness (QED) is 0.257. The monoisotopic (exact) mass is 592 g/mol. The van der Waals surface area contributed by atoms with Gasteiger partial charge in [0.05, 0.1) is 31.3 Å². The van der Waals surface area contributed by atoms with Gasteiger partial charge in [0.2, 0.25) is 5.88 Å². The lowest BCUT2D eigenvalue weighted by Gasteiger charge is -2.13. The Morgan fingerprint density at radius 1 is 0.973 bits per heavy atom. The molecule has 2 N–H and O–H groups in total. The molecule has 3 rings (SSSR count). The molecule has 0 radical (unpaired) electrons. The summed E-state index contributed by atoms with van der Waals surface area (Å²) in [4.78, 5) is 20.9. The zero-order chi connectivity index (χ0) is 26.8. The highest BCUT2D eigenvalue weighted by atomic mass is 79.9. The SMILES string of the molecule is CCCCCCOc1ccc(Br)cc1C(=O)Nc1ccc(S(=O)(=O)Nc2cc(OC)nc(OC)n2)cc1. The summed E-state index contributed by atoms with van der Waals surface area (Å²) in [5.74, 6) is 0.229. The van der Waals surface area contributed by atoms with Gasteiger partial charge in [-0.15, -0.1) is 0 Å². The first-order valence-corrected chi connectivity index (χ1v) is 13.9. The van der Waals surface area contributed by atoms with Crippen molar-refractivity contribution in [2.75, 3.05) is 30.9 Å². The van der Waals surface area contributed by atoms with Gasteiger partial charge in [0.25, 0.3) is 15.9 Å². The molecule has 12 heteroatoms. The van der Waals surface area contributed by atoms with E-state index in [9.17, 15) is 13.2 Å². The minimum absolute atomic E-state index is 0.0158. The van der Waals surface area contributed by atoms with E-state index in [4.69, 9.17) is 14.2 Å². The number of benzene rings is 2. The number of methoxy groups -OCH3 is 2. The number of carbonyl (C=O) groups is 1. The Hall–Kier alpha value is -3.38. The third kappa shape index (κ3) is 8.05. The number of halogens is 1. The summed E-state index contributed by atoms with van der Waals surface area (Å²) in [6.45, 7) is 2.66. The van der Waals surface area contributed by atoms with Crippen LogP contribution < -0.4 is 24.2 Å². The van der Waals surface area contributed by atoms with E-state index in [0.29, 0.717) is 23.6 Å². The Labute approximate surface area is 224 Å². The van der Waals surface area contributed by atoms with Gasteiger partial charge >= 0.3 is 6.01 Å². The lowest BCUT2D eigenvalue weighted by atomic mass is 10.1. The maximum atomic E-state index is 13.0. The molecule has 2 aromatic carbocycles. The minimum atomic E-state index is -3.98. The van der Waals surface area contributed by atoms with E-state index in [-0.39, 0.29) is 28.5 Å². The molecule has 37 heavy (non-hydrogen) atoms. The van der Waals surface area contributed by atoms with Crippen molar-refractivity contribution in [1.29, 1.82) is 0 Å². The van der Waals surface area contributed by atoms with Crippen LogP contribution in [0.1, 0.15) is 43.0 Å². The van der Waals surface area contributed by atoms with Crippen LogP contribution in [0.3, 0.4) is 0 Å². The number of nitrogens with one attached hydrogen (secondary N) is 2. The van der Waals surface area contributed by atoms with Crippen molar-refractivity contribution >= 4 is 43.4 Å². The Bertz CT molecular complexity index is 1300. The van der Waals surface area contributed by atoms with Gasteiger partial charge in [-0.1, -0.05) is 42.1 Å². The van der Waals surface area contributed by atoms with Crippen LogP contribution in [0.15, 0.2) is 57.9 Å². The Kier molecular flexibility index (Phi) is 10.1. The number of aromatic nitrogens is 2. The first-order chi connectivity index (χ1) is 17.7. The molecule has 0 saturated heterocycles. The van der Waals surface area contributed by atoms with Crippen molar-refractivity contribution in [3.05, 3.63) is 58.6 Å². The number of ether oxygens (including phenoxy) is 3. The standard InChI is InChI=1S/C25H29BrN4O6S/c1-4-5-6-7-14-36-21-13-8-17(26)15-20(21)24(31)27-18-9-11-19(12-10-18)37(32,33)30-22-16-23(34-2)29-25(28-22)35-3/h8-13,15-16H,4-7,14H2,1-3H3,(H,27,31)(H,28,29,30). The lowest BCUT2D eigenvalue weighted by Crippen LogP contribution is -2.16. The summed E-state index contributed by atoms with van der Waals surface area (Å²) in [5, 5.41) is 2.79. The zero-order valence-corrected chi connectivity index (χ0v) is 23.2. The summed E-state index contributed by atoms with van der Waals surface area (Å²) in [6, 6.07) is 12.3. The van der Waals surface area contributed by atoms with Crippen molar-refractivity contribution in [3.63, 3.8) is 0 Å². The van der Waals surface area contributed by atoms with Crippen LogP contribution in [0.2, 0.25) is 0 Å². The zero-order valence-electron chi connectivity index (χ0n) is 20.8. The number of nitrogens with zero attached hydrogens (tertiary/aromatic N) is 2. The molecular weight excluding hydrogens is 564 g/mol. The molecule has 0 bridgehead atoms. The van der Waals surface area contributed by atoms with Crippen molar-refractivity contribution in [3.8, 4) is 17.6 Å². The number of hydrogen-bond acceptors (Lipinski definition) is 8. The van der Waals surface area contributed by atoms with Gasteiger partial charge in [-0.25, -0.2) is 8.42 Å². The van der Waals surface area contributed by atoms with Gasteiger partial charge in [0.1, 0.15) is 5.75 Å². The van der Waals surface area contributed by atoms with Crippen LogP contribution in [0.5, 0.6) is 17.6 Å². The smallest absolute Gasteiger partial charge is 0.321 e. The van der Waals surface area contributed by atoms with Crippen molar-refractivity contribution < 1.29 is 27.4 Å². The molecular formula is C25H29BrN4O6S. The number of anilines is 2. The van der Waals surface area contributed by atoms with Crippen molar-refractivity contribution in [2.45, 2.75) is 37.5 Å². The van der Waals surface area contributed by atoms with Crippen LogP contribution >= 0.6 is 15.9 Å². The molecule has 0 aliphatic rings. The minimum Gasteiger partial charge on any atom is -0.493 e. The summed E-state index contributed by atoms with van der Waals surface area (Å²) >= 11 is 3.40. The van der Waals surface area contributed by atoms with Gasteiger partial charge in [-0.05, 0) is 48.9 Å². The maximum Gasteiger partial charge on any atom is 0.321 e. The number of rotatable bonds is 13. The summed E-state index contributed by atoms with van der Waals surface area (Å²) in [5.41, 5.74) is 0.790. The number of sulfonamides is 1. The molecule has 0 aliphatic heterocycles. The largest absolute Gasteiger partial charge is 0.493 e. The molecule has 0 atom stereocenters. The number of hydrogen-bond donors (Lipinski definition) is 2. The fraction of sp³-hybridized carbons (Fsp3) is 0.320. The van der Waals surface area contributed by atoms with Gasteiger partial charge in [-0.3, -0.25) is 9.52 Å². The van der Waals surface area contributed by atoms with E-state index >= 15 is 0 Å². The molecule has 0 spiro atoms. The summed E-state index contributed by atoms with van der Waals surface area (Å²) < 4.78 is 44.7. The van der Waals surface area contributed by atoms with Crippen molar-refractivity contribution in [2.24, 2.45) is 0 Å². The van der Waals surface area contributed by atoms with Crippen LogP contribution in [0.25, 0.3) is 0 Å². The average Bonchev–Trinajstić information content (AvgIpc) is 2.89. The molecule has 0 unspecified atom stereocenters. The summed E-state index contributed by atoms with van der Waals surface area (Å²) in [6.07, 6.45) is 4.24. The van der Waals surface area contributed by atoms with Gasteiger partial charge in [0.15, 0.2) is 5.82 Å². The van der Waals surface area contributed by atoms with E-state index in [1.807, 2.05) is 6.07 Å². The van der Waals surface area contributed by atoms with Gasteiger partial charge in [0, 0.05) is 16.2 Å². The predicted molar refractivity (Wildman–Crippen MR) is 144 cm³/mol. The second-order valence-electron chi connectivity index (χ2n) is 7.92. The normalized spacial score (nSPS) is 11.0. The second kappa shape index (κ2) is 13.2. The molecule has 0 saturated carbocycles.